The highest BCUT2D eigenvalue weighted by Crippen LogP contribution is 2.39. The summed E-state index contributed by atoms with van der Waals surface area (Å²) in [5, 5.41) is 0. The van der Waals surface area contributed by atoms with Gasteiger partial charge in [0.25, 0.3) is 0 Å². The molecular formula is C19H19BrINO2. The molecule has 0 aliphatic carbocycles. The molecule has 0 radical (unpaired) electrons. The number of carbonyl (C=O) groups excluding carboxylic acids is 1. The minimum atomic E-state index is -0.270. The molecule has 1 amide bonds. The van der Waals surface area contributed by atoms with Crippen molar-refractivity contribution in [1.82, 2.24) is 0 Å². The summed E-state index contributed by atoms with van der Waals surface area (Å²) < 4.78 is 7.74. The van der Waals surface area contributed by atoms with Gasteiger partial charge in [0, 0.05) is 14.1 Å². The van der Waals surface area contributed by atoms with Gasteiger partial charge in [-0.15, -0.1) is 0 Å². The molecule has 3 rings (SSSR count). The van der Waals surface area contributed by atoms with Gasteiger partial charge in [-0.1, -0.05) is 37.3 Å². The van der Waals surface area contributed by atoms with Crippen LogP contribution in [0.25, 0.3) is 0 Å². The van der Waals surface area contributed by atoms with Gasteiger partial charge in [0.05, 0.1) is 5.69 Å². The Hall–Kier alpha value is -1.08. The van der Waals surface area contributed by atoms with Crippen LogP contribution in [0.5, 0.6) is 0 Å². The first-order valence-electron chi connectivity index (χ1n) is 8.08. The van der Waals surface area contributed by atoms with Crippen molar-refractivity contribution < 1.29 is 9.53 Å². The van der Waals surface area contributed by atoms with E-state index in [0.29, 0.717) is 6.61 Å². The second-order valence-corrected chi connectivity index (χ2v) is 8.01. The van der Waals surface area contributed by atoms with Gasteiger partial charge >= 0.3 is 6.09 Å². The number of aryl methyl sites for hydroxylation is 1. The summed E-state index contributed by atoms with van der Waals surface area (Å²) in [6, 6.07) is 14.2. The lowest BCUT2D eigenvalue weighted by atomic mass is 9.95. The van der Waals surface area contributed by atoms with Crippen LogP contribution in [0.2, 0.25) is 0 Å². The molecule has 0 aromatic heterocycles. The maximum Gasteiger partial charge on any atom is 0.414 e. The molecule has 1 heterocycles. The van der Waals surface area contributed by atoms with Gasteiger partial charge in [0.2, 0.25) is 0 Å². The van der Waals surface area contributed by atoms with Crippen molar-refractivity contribution in [3.05, 3.63) is 61.6 Å². The minimum Gasteiger partial charge on any atom is -0.444 e. The Morgan fingerprint density at radius 2 is 2.08 bits per heavy atom. The molecule has 24 heavy (non-hydrogen) atoms. The van der Waals surface area contributed by atoms with Gasteiger partial charge in [-0.05, 0) is 81.0 Å². The minimum absolute atomic E-state index is 0.178. The molecule has 1 unspecified atom stereocenters. The van der Waals surface area contributed by atoms with Crippen molar-refractivity contribution in [2.75, 3.05) is 4.90 Å². The smallest absolute Gasteiger partial charge is 0.414 e. The molecule has 2 aromatic carbocycles. The number of halogens is 2. The van der Waals surface area contributed by atoms with Crippen molar-refractivity contribution in [3.8, 4) is 0 Å². The van der Waals surface area contributed by atoms with Crippen LogP contribution in [-0.2, 0) is 17.8 Å². The van der Waals surface area contributed by atoms with Crippen LogP contribution in [-0.4, -0.2) is 12.1 Å². The molecule has 1 aliphatic heterocycles. The molecule has 1 aliphatic rings. The topological polar surface area (TPSA) is 29.5 Å². The molecule has 2 aromatic rings. The van der Waals surface area contributed by atoms with E-state index < -0.39 is 0 Å². The Morgan fingerprint density at radius 1 is 1.33 bits per heavy atom. The van der Waals surface area contributed by atoms with E-state index in [1.54, 1.807) is 0 Å². The predicted molar refractivity (Wildman–Crippen MR) is 108 cm³/mol. The van der Waals surface area contributed by atoms with Crippen molar-refractivity contribution in [1.29, 1.82) is 0 Å². The third-order valence-electron chi connectivity index (χ3n) is 4.33. The molecule has 0 saturated carbocycles. The summed E-state index contributed by atoms with van der Waals surface area (Å²) in [5.74, 6) is 0. The Kier molecular flexibility index (Phi) is 5.81. The van der Waals surface area contributed by atoms with Crippen molar-refractivity contribution in [2.24, 2.45) is 0 Å². The summed E-state index contributed by atoms with van der Waals surface area (Å²) in [7, 11) is 0. The fourth-order valence-electron chi connectivity index (χ4n) is 3.13. The van der Waals surface area contributed by atoms with Gasteiger partial charge in [0.15, 0.2) is 0 Å². The van der Waals surface area contributed by atoms with Gasteiger partial charge in [-0.2, -0.15) is 0 Å². The van der Waals surface area contributed by atoms with E-state index >= 15 is 0 Å². The average molecular weight is 500 g/mol. The van der Waals surface area contributed by atoms with E-state index in [9.17, 15) is 4.79 Å². The highest BCUT2D eigenvalue weighted by Gasteiger charge is 2.33. The Morgan fingerprint density at radius 3 is 2.79 bits per heavy atom. The lowest BCUT2D eigenvalue weighted by Gasteiger charge is -2.36. The molecule has 0 spiro atoms. The molecule has 0 N–H and O–H groups in total. The summed E-state index contributed by atoms with van der Waals surface area (Å²) in [4.78, 5) is 14.7. The predicted octanol–water partition coefficient (Wildman–Crippen LogP) is 5.92. The van der Waals surface area contributed by atoms with Crippen LogP contribution in [0.1, 0.15) is 30.9 Å². The lowest BCUT2D eigenvalue weighted by Crippen LogP contribution is -2.44. The fourth-order valence-corrected chi connectivity index (χ4v) is 4.94. The number of carbonyl (C=O) groups is 1. The summed E-state index contributed by atoms with van der Waals surface area (Å²) in [5.41, 5.74) is 3.17. The number of benzene rings is 2. The molecule has 0 bridgehead atoms. The van der Waals surface area contributed by atoms with Crippen LogP contribution < -0.4 is 4.90 Å². The normalized spacial score (nSPS) is 16.6. The maximum atomic E-state index is 12.8. The number of nitrogens with zero attached hydrogens (tertiary/aromatic N) is 1. The molecule has 126 valence electrons. The van der Waals surface area contributed by atoms with Crippen LogP contribution in [0.4, 0.5) is 10.5 Å². The zero-order valence-corrected chi connectivity index (χ0v) is 17.2. The quantitative estimate of drug-likeness (QED) is 0.490. The molecular weight excluding hydrogens is 481 g/mol. The van der Waals surface area contributed by atoms with Gasteiger partial charge in [0.1, 0.15) is 6.61 Å². The van der Waals surface area contributed by atoms with Gasteiger partial charge in [-0.3, -0.25) is 4.90 Å². The van der Waals surface area contributed by atoms with Crippen molar-refractivity contribution in [3.63, 3.8) is 0 Å². The van der Waals surface area contributed by atoms with E-state index in [1.165, 1.54) is 9.13 Å². The van der Waals surface area contributed by atoms with E-state index in [1.807, 2.05) is 35.2 Å². The number of hydrogen-bond donors (Lipinski definition) is 0. The summed E-state index contributed by atoms with van der Waals surface area (Å²) in [6.07, 6.45) is 2.61. The summed E-state index contributed by atoms with van der Waals surface area (Å²) in [6.45, 7) is 2.41. The molecule has 0 saturated heterocycles. The Balaban J connectivity index is 1.86. The van der Waals surface area contributed by atoms with Crippen LogP contribution in [0, 0.1) is 3.57 Å². The maximum absolute atomic E-state index is 12.8. The zero-order chi connectivity index (χ0) is 17.1. The Labute approximate surface area is 164 Å². The number of fused-ring (bicyclic) bond motifs is 1. The monoisotopic (exact) mass is 499 g/mol. The first kappa shape index (κ1) is 17.7. The van der Waals surface area contributed by atoms with E-state index in [4.69, 9.17) is 4.74 Å². The van der Waals surface area contributed by atoms with Gasteiger partial charge < -0.3 is 4.74 Å². The zero-order valence-electron chi connectivity index (χ0n) is 13.5. The lowest BCUT2D eigenvalue weighted by molar-refractivity contribution is 0.143. The molecule has 5 heteroatoms. The SMILES string of the molecule is CCC1CCc2cc(I)cc(Br)c2N1C(=O)OCc1ccccc1. The number of hydrogen-bond acceptors (Lipinski definition) is 2. The molecule has 0 fully saturated rings. The van der Waals surface area contributed by atoms with Gasteiger partial charge in [-0.25, -0.2) is 4.79 Å². The summed E-state index contributed by atoms with van der Waals surface area (Å²) >= 11 is 5.95. The van der Waals surface area contributed by atoms with E-state index in [2.05, 4.69) is 57.6 Å². The standard InChI is InChI=1S/C19H19BrINO2/c1-2-16-9-8-14-10-15(21)11-17(20)18(14)22(16)19(23)24-12-13-6-4-3-5-7-13/h3-7,10-11,16H,2,8-9,12H2,1H3. The first-order chi connectivity index (χ1) is 11.6. The highest BCUT2D eigenvalue weighted by atomic mass is 127. The number of anilines is 1. The van der Waals surface area contributed by atoms with Crippen LogP contribution >= 0.6 is 38.5 Å². The number of amides is 1. The number of ether oxygens (including phenoxy) is 1. The number of rotatable bonds is 3. The van der Waals surface area contributed by atoms with Crippen molar-refractivity contribution >= 4 is 50.3 Å². The Bertz CT molecular complexity index is 736. The molecule has 3 nitrogen and oxygen atoms in total. The molecule has 1 atom stereocenters. The fraction of sp³-hybridized carbons (Fsp3) is 0.316. The first-order valence-corrected chi connectivity index (χ1v) is 9.95. The second kappa shape index (κ2) is 7.87. The van der Waals surface area contributed by atoms with E-state index in [0.717, 1.165) is 35.0 Å². The van der Waals surface area contributed by atoms with E-state index in [-0.39, 0.29) is 12.1 Å². The third kappa shape index (κ3) is 3.77. The van der Waals surface area contributed by atoms with Crippen molar-refractivity contribution in [2.45, 2.75) is 38.8 Å². The largest absolute Gasteiger partial charge is 0.444 e. The van der Waals surface area contributed by atoms with Crippen LogP contribution in [0.3, 0.4) is 0 Å². The highest BCUT2D eigenvalue weighted by molar-refractivity contribution is 14.1. The van der Waals surface area contributed by atoms with Crippen LogP contribution in [0.15, 0.2) is 46.9 Å². The average Bonchev–Trinajstić information content (AvgIpc) is 2.59. The second-order valence-electron chi connectivity index (χ2n) is 5.91. The third-order valence-corrected chi connectivity index (χ3v) is 5.56.